The molecule has 1 aromatic rings. The van der Waals surface area contributed by atoms with Gasteiger partial charge in [0.2, 0.25) is 0 Å². The zero-order valence-corrected chi connectivity index (χ0v) is 10.3. The van der Waals surface area contributed by atoms with Crippen molar-refractivity contribution >= 4 is 0 Å². The number of hydrogen-bond donors (Lipinski definition) is 1. The van der Waals surface area contributed by atoms with Crippen LogP contribution < -0.4 is 0 Å². The Kier molecular flexibility index (Phi) is 2.91. The van der Waals surface area contributed by atoms with Crippen molar-refractivity contribution in [1.82, 2.24) is 4.98 Å². The first kappa shape index (κ1) is 11.2. The van der Waals surface area contributed by atoms with Crippen LogP contribution in [0, 0.1) is 11.8 Å². The molecule has 0 radical (unpaired) electrons. The molecule has 0 bridgehead atoms. The monoisotopic (exact) mass is 231 g/mol. The van der Waals surface area contributed by atoms with E-state index in [9.17, 15) is 5.11 Å². The molecule has 2 aliphatic rings. The molecule has 1 aromatic heterocycles. The summed E-state index contributed by atoms with van der Waals surface area (Å²) in [6.07, 6.45) is 12.2. The third-order valence-electron chi connectivity index (χ3n) is 4.84. The second-order valence-electron chi connectivity index (χ2n) is 5.70. The first-order valence-electron chi connectivity index (χ1n) is 6.93. The lowest BCUT2D eigenvalue weighted by Crippen LogP contribution is -2.44. The van der Waals surface area contributed by atoms with Crippen LogP contribution in [-0.2, 0) is 5.60 Å². The van der Waals surface area contributed by atoms with E-state index >= 15 is 0 Å². The van der Waals surface area contributed by atoms with Gasteiger partial charge in [-0.25, -0.2) is 0 Å². The van der Waals surface area contributed by atoms with E-state index in [1.807, 2.05) is 12.1 Å². The van der Waals surface area contributed by atoms with Crippen molar-refractivity contribution in [2.24, 2.45) is 11.8 Å². The fourth-order valence-electron chi connectivity index (χ4n) is 4.00. The summed E-state index contributed by atoms with van der Waals surface area (Å²) in [5.74, 6) is 1.23. The quantitative estimate of drug-likeness (QED) is 0.804. The van der Waals surface area contributed by atoms with Gasteiger partial charge in [0, 0.05) is 12.4 Å². The summed E-state index contributed by atoms with van der Waals surface area (Å²) in [6.45, 7) is 0. The topological polar surface area (TPSA) is 33.1 Å². The molecule has 3 atom stereocenters. The molecular weight excluding hydrogens is 210 g/mol. The van der Waals surface area contributed by atoms with E-state index in [2.05, 4.69) is 4.98 Å². The molecular formula is C15H21NO. The van der Waals surface area contributed by atoms with E-state index < -0.39 is 5.60 Å². The largest absolute Gasteiger partial charge is 0.385 e. The Hall–Kier alpha value is -0.890. The van der Waals surface area contributed by atoms with Crippen molar-refractivity contribution in [1.29, 1.82) is 0 Å². The van der Waals surface area contributed by atoms with Gasteiger partial charge in [-0.05, 0) is 55.2 Å². The van der Waals surface area contributed by atoms with Gasteiger partial charge in [0.15, 0.2) is 0 Å². The molecule has 2 nitrogen and oxygen atoms in total. The molecule has 1 heterocycles. The zero-order valence-electron chi connectivity index (χ0n) is 10.3. The molecule has 0 aromatic carbocycles. The Morgan fingerprint density at radius 3 is 2.59 bits per heavy atom. The van der Waals surface area contributed by atoms with Crippen molar-refractivity contribution < 1.29 is 5.11 Å². The molecule has 3 unspecified atom stereocenters. The Morgan fingerprint density at radius 2 is 1.76 bits per heavy atom. The summed E-state index contributed by atoms with van der Waals surface area (Å²) in [4.78, 5) is 4.06. The SMILES string of the molecule is OC1(c2ccncc2)CCCC2CCCCC21. The van der Waals surface area contributed by atoms with Crippen LogP contribution in [0.1, 0.15) is 50.5 Å². The van der Waals surface area contributed by atoms with Crippen molar-refractivity contribution in [2.75, 3.05) is 0 Å². The van der Waals surface area contributed by atoms with Crippen LogP contribution in [-0.4, -0.2) is 10.1 Å². The smallest absolute Gasteiger partial charge is 0.0928 e. The number of fused-ring (bicyclic) bond motifs is 1. The maximum absolute atomic E-state index is 11.1. The molecule has 0 saturated heterocycles. The Bertz CT molecular complexity index is 376. The third-order valence-corrected chi connectivity index (χ3v) is 4.84. The Balaban J connectivity index is 1.94. The second-order valence-corrected chi connectivity index (χ2v) is 5.70. The molecule has 2 heteroatoms. The second kappa shape index (κ2) is 4.41. The average molecular weight is 231 g/mol. The van der Waals surface area contributed by atoms with Crippen LogP contribution in [0.4, 0.5) is 0 Å². The summed E-state index contributed by atoms with van der Waals surface area (Å²) in [5.41, 5.74) is 0.510. The Labute approximate surface area is 103 Å². The van der Waals surface area contributed by atoms with Gasteiger partial charge >= 0.3 is 0 Å². The predicted octanol–water partition coefficient (Wildman–Crippen LogP) is 3.26. The van der Waals surface area contributed by atoms with Gasteiger partial charge in [-0.1, -0.05) is 19.3 Å². The van der Waals surface area contributed by atoms with E-state index in [1.54, 1.807) is 12.4 Å². The minimum absolute atomic E-state index is 0.479. The third kappa shape index (κ3) is 1.89. The summed E-state index contributed by atoms with van der Waals surface area (Å²) >= 11 is 0. The highest BCUT2D eigenvalue weighted by molar-refractivity contribution is 5.22. The number of aliphatic hydroxyl groups is 1. The van der Waals surface area contributed by atoms with Crippen molar-refractivity contribution in [2.45, 2.75) is 50.5 Å². The van der Waals surface area contributed by atoms with Crippen molar-refractivity contribution in [3.63, 3.8) is 0 Å². The highest BCUT2D eigenvalue weighted by atomic mass is 16.3. The van der Waals surface area contributed by atoms with E-state index in [0.717, 1.165) is 17.9 Å². The Morgan fingerprint density at radius 1 is 1.06 bits per heavy atom. The number of nitrogens with zero attached hydrogens (tertiary/aromatic N) is 1. The number of rotatable bonds is 1. The standard InChI is InChI=1S/C15H21NO/c17-15(13-7-10-16-11-8-13)9-3-5-12-4-1-2-6-14(12)15/h7-8,10-12,14,17H,1-6,9H2. The van der Waals surface area contributed by atoms with E-state index in [-0.39, 0.29) is 0 Å². The molecule has 1 N–H and O–H groups in total. The van der Waals surface area contributed by atoms with Gasteiger partial charge in [-0.2, -0.15) is 0 Å². The zero-order chi connectivity index (χ0) is 11.7. The lowest BCUT2D eigenvalue weighted by atomic mass is 9.61. The fraction of sp³-hybridized carbons (Fsp3) is 0.667. The molecule has 2 fully saturated rings. The molecule has 17 heavy (non-hydrogen) atoms. The van der Waals surface area contributed by atoms with E-state index in [4.69, 9.17) is 0 Å². The highest BCUT2D eigenvalue weighted by Crippen LogP contribution is 2.50. The molecule has 0 amide bonds. The first-order valence-corrected chi connectivity index (χ1v) is 6.93. The fourth-order valence-corrected chi connectivity index (χ4v) is 4.00. The average Bonchev–Trinajstić information content (AvgIpc) is 2.40. The maximum atomic E-state index is 11.1. The summed E-state index contributed by atoms with van der Waals surface area (Å²) in [7, 11) is 0. The summed E-state index contributed by atoms with van der Waals surface area (Å²) in [5, 5.41) is 11.1. The minimum Gasteiger partial charge on any atom is -0.385 e. The van der Waals surface area contributed by atoms with Gasteiger partial charge in [0.1, 0.15) is 0 Å². The van der Waals surface area contributed by atoms with Crippen LogP contribution in [0.15, 0.2) is 24.5 Å². The first-order chi connectivity index (χ1) is 8.31. The molecule has 0 aliphatic heterocycles. The lowest BCUT2D eigenvalue weighted by Gasteiger charge is -2.47. The molecule has 2 saturated carbocycles. The van der Waals surface area contributed by atoms with Gasteiger partial charge in [0.25, 0.3) is 0 Å². The molecule has 0 spiro atoms. The van der Waals surface area contributed by atoms with Crippen molar-refractivity contribution in [3.8, 4) is 0 Å². The molecule has 3 rings (SSSR count). The van der Waals surface area contributed by atoms with Crippen LogP contribution in [0.3, 0.4) is 0 Å². The van der Waals surface area contributed by atoms with Crippen LogP contribution in [0.2, 0.25) is 0 Å². The highest BCUT2D eigenvalue weighted by Gasteiger charge is 2.45. The predicted molar refractivity (Wildman–Crippen MR) is 67.4 cm³/mol. The van der Waals surface area contributed by atoms with Crippen LogP contribution in [0.5, 0.6) is 0 Å². The van der Waals surface area contributed by atoms with E-state index in [0.29, 0.717) is 5.92 Å². The summed E-state index contributed by atoms with van der Waals surface area (Å²) in [6, 6.07) is 3.99. The van der Waals surface area contributed by atoms with E-state index in [1.165, 1.54) is 38.5 Å². The minimum atomic E-state index is -0.577. The van der Waals surface area contributed by atoms with Gasteiger partial charge in [0.05, 0.1) is 5.60 Å². The lowest BCUT2D eigenvalue weighted by molar-refractivity contribution is -0.0943. The maximum Gasteiger partial charge on any atom is 0.0928 e. The van der Waals surface area contributed by atoms with Crippen LogP contribution >= 0.6 is 0 Å². The summed E-state index contributed by atoms with van der Waals surface area (Å²) < 4.78 is 0. The van der Waals surface area contributed by atoms with Gasteiger partial charge < -0.3 is 5.11 Å². The van der Waals surface area contributed by atoms with Crippen LogP contribution in [0.25, 0.3) is 0 Å². The van der Waals surface area contributed by atoms with Gasteiger partial charge in [-0.3, -0.25) is 4.98 Å². The van der Waals surface area contributed by atoms with Crippen molar-refractivity contribution in [3.05, 3.63) is 30.1 Å². The molecule has 2 aliphatic carbocycles. The number of pyridine rings is 1. The number of hydrogen-bond acceptors (Lipinski definition) is 2. The molecule has 92 valence electrons. The normalized spacial score (nSPS) is 37.5. The number of aromatic nitrogens is 1. The van der Waals surface area contributed by atoms with Gasteiger partial charge in [-0.15, -0.1) is 0 Å².